The molecule has 0 heterocycles. The van der Waals surface area contributed by atoms with Crippen molar-refractivity contribution >= 4 is 44.8 Å². The number of hydrogen-bond acceptors (Lipinski definition) is 6. The Balaban J connectivity index is 1.40. The molecule has 7 nitrogen and oxygen atoms in total. The molecule has 0 saturated carbocycles. The minimum atomic E-state index is -3.94. The van der Waals surface area contributed by atoms with Crippen molar-refractivity contribution in [2.75, 3.05) is 19.0 Å². The topological polar surface area (TPSA) is 113 Å². The average Bonchev–Trinajstić information content (AvgIpc) is 3.04. The predicted octanol–water partition coefficient (Wildman–Crippen LogP) is 5.99. The van der Waals surface area contributed by atoms with Crippen LogP contribution < -0.4 is 21.2 Å². The Bertz CT molecular complexity index is 1580. The Morgan fingerprint density at radius 2 is 1.20 bits per heavy atom. The Morgan fingerprint density at radius 3 is 1.69 bits per heavy atom. The van der Waals surface area contributed by atoms with Crippen LogP contribution in [0.3, 0.4) is 0 Å². The van der Waals surface area contributed by atoms with Crippen LogP contribution >= 0.6 is 6.83 Å². The quantitative estimate of drug-likeness (QED) is 0.0597. The third-order valence-corrected chi connectivity index (χ3v) is 15.7. The number of unbranched alkanes of at least 4 members (excludes halogenated alkanes) is 5. The number of hydrogen-bond donors (Lipinski definition) is 3. The molecule has 0 spiro atoms. The van der Waals surface area contributed by atoms with Crippen LogP contribution in [0, 0.1) is 0 Å². The monoisotopic (exact) mass is 647 g/mol. The van der Waals surface area contributed by atoms with Crippen molar-refractivity contribution < 1.29 is 27.4 Å². The summed E-state index contributed by atoms with van der Waals surface area (Å²) in [6.45, 7) is -3.38. The van der Waals surface area contributed by atoms with Gasteiger partial charge in [-0.3, -0.25) is 0 Å². The summed E-state index contributed by atoms with van der Waals surface area (Å²) in [5.74, 6) is -0.658. The summed E-state index contributed by atoms with van der Waals surface area (Å²) < 4.78 is 32.8. The molecule has 0 aromatic heterocycles. The molecule has 45 heavy (non-hydrogen) atoms. The average molecular weight is 648 g/mol. The van der Waals surface area contributed by atoms with E-state index < -0.39 is 16.9 Å². The molecule has 0 bridgehead atoms. The molecule has 0 aliphatic heterocycles. The molecule has 0 radical (unpaired) electrons. The fourth-order valence-corrected chi connectivity index (χ4v) is 14.5. The van der Waals surface area contributed by atoms with Crippen molar-refractivity contribution in [1.82, 2.24) is 5.32 Å². The van der Waals surface area contributed by atoms with Gasteiger partial charge >= 0.3 is 222 Å². The Hall–Kier alpha value is -3.97. The van der Waals surface area contributed by atoms with Crippen LogP contribution in [0.5, 0.6) is 11.5 Å². The van der Waals surface area contributed by atoms with E-state index in [-0.39, 0.29) is 17.4 Å². The third kappa shape index (κ3) is 8.40. The van der Waals surface area contributed by atoms with Gasteiger partial charge in [-0.05, 0) is 17.7 Å². The molecule has 0 saturated heterocycles. The second-order valence-electron chi connectivity index (χ2n) is 11.2. The zero-order valence-corrected chi connectivity index (χ0v) is 27.3. The molecule has 1 amide bonds. The van der Waals surface area contributed by atoms with Gasteiger partial charge in [0.05, 0.1) is 0 Å². The van der Waals surface area contributed by atoms with Gasteiger partial charge in [0.15, 0.2) is 11.5 Å². The first-order valence-corrected chi connectivity index (χ1v) is 19.4. The van der Waals surface area contributed by atoms with Crippen LogP contribution in [0.4, 0.5) is 0 Å². The second-order valence-corrected chi connectivity index (χ2v) is 17.6. The van der Waals surface area contributed by atoms with Crippen LogP contribution in [0.15, 0.2) is 115 Å². The van der Waals surface area contributed by atoms with Crippen molar-refractivity contribution in [3.8, 4) is 11.5 Å². The zero-order chi connectivity index (χ0) is 32.2. The fraction of sp³-hybridized carbons (Fsp3) is 0.250. The van der Waals surface area contributed by atoms with Gasteiger partial charge in [0.2, 0.25) is 0 Å². The predicted molar refractivity (Wildman–Crippen MR) is 185 cm³/mol. The molecule has 3 N–H and O–H groups in total. The van der Waals surface area contributed by atoms with Gasteiger partial charge in [-0.1, -0.05) is 6.07 Å². The molecule has 0 aliphatic carbocycles. The Labute approximate surface area is 266 Å². The van der Waals surface area contributed by atoms with E-state index in [1.54, 1.807) is 12.1 Å². The van der Waals surface area contributed by atoms with Gasteiger partial charge in [-0.25, -0.2) is 0 Å². The van der Waals surface area contributed by atoms with Crippen molar-refractivity contribution in [3.05, 3.63) is 121 Å². The number of aromatic hydroxyl groups is 2. The van der Waals surface area contributed by atoms with Crippen molar-refractivity contribution in [3.63, 3.8) is 0 Å². The number of nitrogens with one attached hydrogen (secondary N) is 1. The Morgan fingerprint density at radius 1 is 0.711 bits per heavy atom. The van der Waals surface area contributed by atoms with Crippen LogP contribution in [0.25, 0.3) is 6.08 Å². The maximum absolute atomic E-state index is 13.2. The van der Waals surface area contributed by atoms with Crippen LogP contribution in [0.2, 0.25) is 0 Å². The van der Waals surface area contributed by atoms with E-state index in [0.29, 0.717) is 18.3 Å². The van der Waals surface area contributed by atoms with Gasteiger partial charge in [0, 0.05) is 0 Å². The number of carbonyl (C=O) groups excluding carboxylic acids is 1. The van der Waals surface area contributed by atoms with E-state index in [9.17, 15) is 23.4 Å². The number of benzene rings is 4. The number of phenolic OH excluding ortho intramolecular Hbond substituents is 2. The molecule has 4 rings (SSSR count). The molecule has 9 heteroatoms. The molecular weight excluding hydrogens is 605 g/mol. The van der Waals surface area contributed by atoms with E-state index in [2.05, 4.69) is 5.32 Å². The normalized spacial score (nSPS) is 12.9. The van der Waals surface area contributed by atoms with Gasteiger partial charge in [0.25, 0.3) is 0 Å². The van der Waals surface area contributed by atoms with Crippen LogP contribution in [-0.2, 0) is 18.9 Å². The molecule has 4 aromatic rings. The van der Waals surface area contributed by atoms with Crippen molar-refractivity contribution in [1.29, 1.82) is 0 Å². The molecule has 0 atom stereocenters. The van der Waals surface area contributed by atoms with E-state index in [1.165, 1.54) is 18.2 Å². The maximum atomic E-state index is 13.2. The van der Waals surface area contributed by atoms with Gasteiger partial charge in [0.1, 0.15) is 0 Å². The summed E-state index contributed by atoms with van der Waals surface area (Å²) in [7, 11) is -3.88. The van der Waals surface area contributed by atoms with Gasteiger partial charge in [-0.2, -0.15) is 0 Å². The molecular formula is C36H42NO6PS. The molecule has 238 valence electrons. The molecule has 4 aromatic carbocycles. The zero-order valence-electron chi connectivity index (χ0n) is 25.6. The summed E-state index contributed by atoms with van der Waals surface area (Å²) in [5, 5.41) is 24.5. The summed E-state index contributed by atoms with van der Waals surface area (Å²) in [5.41, 5.74) is 0.614. The summed E-state index contributed by atoms with van der Waals surface area (Å²) in [4.78, 5) is 12.2. The van der Waals surface area contributed by atoms with E-state index in [4.69, 9.17) is 3.97 Å². The van der Waals surface area contributed by atoms with Crippen LogP contribution in [-0.4, -0.2) is 43.5 Å². The summed E-state index contributed by atoms with van der Waals surface area (Å²) in [6.07, 6.45) is 10.1. The number of amides is 1. The number of phenols is 2. The first kappa shape index (κ1) is 33.9. The molecule has 0 aliphatic rings. The third-order valence-electron chi connectivity index (χ3n) is 7.94. The standard InChI is InChI=1S/C36H42NO6PS/c1-45(41,42)43-44(31-17-9-6-10-18-31,32-19-11-7-12-20-32,33-21-13-8-14-22-33)28-16-5-3-2-4-15-27-37-36(40)26-24-30-23-25-34(38)35(39)29-30/h6-14,17-26,29,38-39H,2-5,15-16,27-28H2,1H3,(H,37,40)/b26-24+. The van der Waals surface area contributed by atoms with E-state index in [0.717, 1.165) is 60.7 Å². The molecule has 0 unspecified atom stereocenters. The summed E-state index contributed by atoms with van der Waals surface area (Å²) in [6, 6.07) is 33.9. The Kier molecular flexibility index (Phi) is 11.6. The first-order chi connectivity index (χ1) is 21.6. The second kappa shape index (κ2) is 15.3. The van der Waals surface area contributed by atoms with E-state index >= 15 is 0 Å². The number of carbonyl (C=O) groups is 1. The fourth-order valence-electron chi connectivity index (χ4n) is 5.86. The van der Waals surface area contributed by atoms with Gasteiger partial charge < -0.3 is 10.2 Å². The van der Waals surface area contributed by atoms with Gasteiger partial charge in [-0.15, -0.1) is 0 Å². The molecule has 0 fully saturated rings. The van der Waals surface area contributed by atoms with Crippen molar-refractivity contribution in [2.24, 2.45) is 0 Å². The minimum absolute atomic E-state index is 0.205. The first-order valence-electron chi connectivity index (χ1n) is 15.2. The SMILES string of the molecule is CS(=O)(=O)OP(CCCCCCCCNC(=O)/C=C/c1ccc(O)c(O)c1)(c1ccccc1)(c1ccccc1)c1ccccc1. The van der Waals surface area contributed by atoms with Crippen LogP contribution in [0.1, 0.15) is 44.1 Å². The summed E-state index contributed by atoms with van der Waals surface area (Å²) >= 11 is 0. The van der Waals surface area contributed by atoms with Crippen molar-refractivity contribution in [2.45, 2.75) is 38.5 Å². The van der Waals surface area contributed by atoms with E-state index in [1.807, 2.05) is 91.0 Å². The number of rotatable bonds is 16.